The largest absolute Gasteiger partial charge is 0.316 e. The monoisotopic (exact) mass is 252 g/mol. The molecule has 2 fully saturated rings. The Morgan fingerprint density at radius 1 is 1.00 bits per heavy atom. The molecule has 1 aliphatic heterocycles. The van der Waals surface area contributed by atoms with E-state index in [2.05, 4.69) is 24.1 Å². The lowest BCUT2D eigenvalue weighted by Crippen LogP contribution is -2.51. The summed E-state index contributed by atoms with van der Waals surface area (Å²) in [7, 11) is 0. The summed E-state index contributed by atoms with van der Waals surface area (Å²) < 4.78 is 0. The third-order valence-corrected chi connectivity index (χ3v) is 4.70. The molecule has 2 nitrogen and oxygen atoms in total. The van der Waals surface area contributed by atoms with Crippen LogP contribution in [-0.2, 0) is 0 Å². The molecule has 1 heterocycles. The molecule has 0 aromatic heterocycles. The highest BCUT2D eigenvalue weighted by Crippen LogP contribution is 2.32. The van der Waals surface area contributed by atoms with E-state index in [1.165, 1.54) is 71.1 Å². The van der Waals surface area contributed by atoms with Crippen LogP contribution >= 0.6 is 0 Å². The van der Waals surface area contributed by atoms with E-state index in [9.17, 15) is 0 Å². The van der Waals surface area contributed by atoms with Gasteiger partial charge < -0.3 is 10.2 Å². The summed E-state index contributed by atoms with van der Waals surface area (Å²) in [6.45, 7) is 9.76. The Balaban J connectivity index is 1.70. The molecule has 0 spiro atoms. The summed E-state index contributed by atoms with van der Waals surface area (Å²) in [5.41, 5.74) is 0. The van der Waals surface area contributed by atoms with Crippen molar-refractivity contribution in [2.45, 2.75) is 64.8 Å². The van der Waals surface area contributed by atoms with Crippen molar-refractivity contribution in [2.75, 3.05) is 26.2 Å². The fraction of sp³-hybridized carbons (Fsp3) is 1.00. The van der Waals surface area contributed by atoms with Gasteiger partial charge in [-0.1, -0.05) is 33.1 Å². The predicted molar refractivity (Wildman–Crippen MR) is 78.9 cm³/mol. The standard InChI is InChI=1S/C16H32N2/c1-14(2)12-17-13-15-8-9-16(15)18-10-6-4-3-5-7-11-18/h14-17H,3-13H2,1-2H3. The topological polar surface area (TPSA) is 15.3 Å². The minimum absolute atomic E-state index is 0.783. The van der Waals surface area contributed by atoms with Crippen molar-refractivity contribution in [3.8, 4) is 0 Å². The molecule has 2 unspecified atom stereocenters. The summed E-state index contributed by atoms with van der Waals surface area (Å²) in [6.07, 6.45) is 10.2. The third kappa shape index (κ3) is 4.24. The highest BCUT2D eigenvalue weighted by atomic mass is 15.2. The first-order valence-corrected chi connectivity index (χ1v) is 8.22. The quantitative estimate of drug-likeness (QED) is 0.808. The molecular weight excluding hydrogens is 220 g/mol. The normalized spacial score (nSPS) is 30.8. The first-order valence-electron chi connectivity index (χ1n) is 8.22. The van der Waals surface area contributed by atoms with E-state index in [1.54, 1.807) is 0 Å². The van der Waals surface area contributed by atoms with Crippen LogP contribution in [0.15, 0.2) is 0 Å². The van der Waals surface area contributed by atoms with E-state index in [-0.39, 0.29) is 0 Å². The molecule has 1 saturated heterocycles. The number of rotatable bonds is 5. The van der Waals surface area contributed by atoms with Crippen LogP contribution in [0.5, 0.6) is 0 Å². The van der Waals surface area contributed by atoms with Crippen LogP contribution in [0.4, 0.5) is 0 Å². The van der Waals surface area contributed by atoms with Crippen molar-refractivity contribution < 1.29 is 0 Å². The van der Waals surface area contributed by atoms with Crippen LogP contribution in [0.3, 0.4) is 0 Å². The second-order valence-corrected chi connectivity index (χ2v) is 6.76. The Morgan fingerprint density at radius 2 is 1.67 bits per heavy atom. The average molecular weight is 252 g/mol. The zero-order valence-corrected chi connectivity index (χ0v) is 12.5. The molecule has 1 saturated carbocycles. The zero-order valence-electron chi connectivity index (χ0n) is 12.5. The Hall–Kier alpha value is -0.0800. The highest BCUT2D eigenvalue weighted by molar-refractivity contribution is 4.90. The van der Waals surface area contributed by atoms with Gasteiger partial charge in [-0.05, 0) is 63.7 Å². The molecule has 0 aromatic carbocycles. The Kier molecular flexibility index (Phi) is 5.97. The van der Waals surface area contributed by atoms with Crippen LogP contribution in [0, 0.1) is 11.8 Å². The van der Waals surface area contributed by atoms with Gasteiger partial charge in [0.05, 0.1) is 0 Å². The second-order valence-electron chi connectivity index (χ2n) is 6.76. The van der Waals surface area contributed by atoms with E-state index in [1.807, 2.05) is 0 Å². The van der Waals surface area contributed by atoms with Gasteiger partial charge in [-0.3, -0.25) is 0 Å². The molecular formula is C16H32N2. The van der Waals surface area contributed by atoms with Crippen LogP contribution in [-0.4, -0.2) is 37.1 Å². The van der Waals surface area contributed by atoms with Gasteiger partial charge in [0.15, 0.2) is 0 Å². The fourth-order valence-electron chi connectivity index (χ4n) is 3.43. The lowest BCUT2D eigenvalue weighted by atomic mass is 9.78. The third-order valence-electron chi connectivity index (χ3n) is 4.70. The van der Waals surface area contributed by atoms with Gasteiger partial charge in [-0.25, -0.2) is 0 Å². The highest BCUT2D eigenvalue weighted by Gasteiger charge is 2.34. The maximum absolute atomic E-state index is 3.66. The minimum Gasteiger partial charge on any atom is -0.316 e. The number of nitrogens with one attached hydrogen (secondary N) is 1. The molecule has 1 aliphatic carbocycles. The van der Waals surface area contributed by atoms with Crippen molar-refractivity contribution in [2.24, 2.45) is 11.8 Å². The van der Waals surface area contributed by atoms with Gasteiger partial charge in [0.25, 0.3) is 0 Å². The second kappa shape index (κ2) is 7.49. The Morgan fingerprint density at radius 3 is 2.22 bits per heavy atom. The van der Waals surface area contributed by atoms with Crippen molar-refractivity contribution in [3.63, 3.8) is 0 Å². The summed E-state index contributed by atoms with van der Waals surface area (Å²) in [4.78, 5) is 2.81. The molecule has 2 atom stereocenters. The van der Waals surface area contributed by atoms with Gasteiger partial charge in [0.2, 0.25) is 0 Å². The number of nitrogens with zero attached hydrogens (tertiary/aromatic N) is 1. The SMILES string of the molecule is CC(C)CNCC1CCC1N1CCCCCCC1. The van der Waals surface area contributed by atoms with Gasteiger partial charge in [-0.15, -0.1) is 0 Å². The summed E-state index contributed by atoms with van der Waals surface area (Å²) in [5.74, 6) is 1.72. The first kappa shape index (κ1) is 14.3. The van der Waals surface area contributed by atoms with Gasteiger partial charge >= 0.3 is 0 Å². The lowest BCUT2D eigenvalue weighted by Gasteiger charge is -2.45. The van der Waals surface area contributed by atoms with Crippen LogP contribution < -0.4 is 5.32 Å². The molecule has 2 aliphatic rings. The Labute approximate surface area is 114 Å². The van der Waals surface area contributed by atoms with Crippen molar-refractivity contribution in [1.29, 1.82) is 0 Å². The molecule has 106 valence electrons. The van der Waals surface area contributed by atoms with Gasteiger partial charge in [0.1, 0.15) is 0 Å². The van der Waals surface area contributed by atoms with E-state index in [0.29, 0.717) is 0 Å². The smallest absolute Gasteiger partial charge is 0.0136 e. The maximum Gasteiger partial charge on any atom is 0.0136 e. The van der Waals surface area contributed by atoms with E-state index >= 15 is 0 Å². The first-order chi connectivity index (χ1) is 8.77. The van der Waals surface area contributed by atoms with Gasteiger partial charge in [-0.2, -0.15) is 0 Å². The number of likely N-dealkylation sites (tertiary alicyclic amines) is 1. The van der Waals surface area contributed by atoms with Gasteiger partial charge in [0, 0.05) is 6.04 Å². The van der Waals surface area contributed by atoms with E-state index in [4.69, 9.17) is 0 Å². The maximum atomic E-state index is 3.66. The minimum atomic E-state index is 0.783. The molecule has 2 rings (SSSR count). The number of hydrogen-bond donors (Lipinski definition) is 1. The van der Waals surface area contributed by atoms with Crippen LogP contribution in [0.25, 0.3) is 0 Å². The molecule has 1 N–H and O–H groups in total. The van der Waals surface area contributed by atoms with Crippen LogP contribution in [0.2, 0.25) is 0 Å². The molecule has 0 radical (unpaired) electrons. The predicted octanol–water partition coefficient (Wildman–Crippen LogP) is 3.28. The molecule has 0 bridgehead atoms. The molecule has 0 aromatic rings. The summed E-state index contributed by atoms with van der Waals surface area (Å²) in [6, 6.07) is 0.905. The Bertz CT molecular complexity index is 219. The number of hydrogen-bond acceptors (Lipinski definition) is 2. The van der Waals surface area contributed by atoms with Crippen molar-refractivity contribution in [3.05, 3.63) is 0 Å². The summed E-state index contributed by atoms with van der Waals surface area (Å²) in [5, 5.41) is 3.66. The molecule has 2 heteroatoms. The van der Waals surface area contributed by atoms with E-state index < -0.39 is 0 Å². The van der Waals surface area contributed by atoms with E-state index in [0.717, 1.165) is 17.9 Å². The van der Waals surface area contributed by atoms with Crippen LogP contribution in [0.1, 0.15) is 58.8 Å². The molecule has 0 amide bonds. The fourth-order valence-corrected chi connectivity index (χ4v) is 3.43. The zero-order chi connectivity index (χ0) is 12.8. The summed E-state index contributed by atoms with van der Waals surface area (Å²) >= 11 is 0. The molecule has 18 heavy (non-hydrogen) atoms. The van der Waals surface area contributed by atoms with Crippen molar-refractivity contribution in [1.82, 2.24) is 10.2 Å². The average Bonchev–Trinajstić information content (AvgIpc) is 2.25. The lowest BCUT2D eigenvalue weighted by molar-refractivity contribution is 0.0550. The van der Waals surface area contributed by atoms with Crippen molar-refractivity contribution >= 4 is 0 Å².